The predicted octanol–water partition coefficient (Wildman–Crippen LogP) is 2.95. The second-order valence-electron chi connectivity index (χ2n) is 6.27. The highest BCUT2D eigenvalue weighted by Crippen LogP contribution is 2.51. The largest absolute Gasteiger partial charge is 0.444 e. The number of nitrogens with one attached hydrogen (secondary N) is 1. The van der Waals surface area contributed by atoms with Crippen LogP contribution in [0.15, 0.2) is 76.3 Å². The van der Waals surface area contributed by atoms with E-state index in [9.17, 15) is 23.1 Å². The van der Waals surface area contributed by atoms with Crippen LogP contribution in [0.2, 0.25) is 0 Å². The Hall–Kier alpha value is -2.60. The van der Waals surface area contributed by atoms with Gasteiger partial charge >= 0.3 is 7.60 Å². The van der Waals surface area contributed by atoms with Crippen molar-refractivity contribution < 1.29 is 33.0 Å². The molecule has 1 aromatic heterocycles. The van der Waals surface area contributed by atoms with Crippen molar-refractivity contribution in [2.45, 2.75) is 16.4 Å². The summed E-state index contributed by atoms with van der Waals surface area (Å²) in [6, 6.07) is 16.6. The fourth-order valence-electron chi connectivity index (χ4n) is 2.66. The molecule has 10 nitrogen and oxygen atoms in total. The zero-order valence-corrected chi connectivity index (χ0v) is 18.5. The maximum Gasteiger partial charge on any atom is 0.444 e. The number of nitro benzene ring substituents is 1. The normalized spacial score (nSPS) is 14.5. The summed E-state index contributed by atoms with van der Waals surface area (Å²) >= 11 is 1.00. The number of sulfonamides is 1. The molecule has 0 spiro atoms. The predicted molar refractivity (Wildman–Crippen MR) is 114 cm³/mol. The molecule has 0 aliphatic heterocycles. The molecular formula is C18H19N3O7PS2+. The van der Waals surface area contributed by atoms with E-state index in [-0.39, 0.29) is 22.1 Å². The third-order valence-corrected chi connectivity index (χ3v) is 9.11. The van der Waals surface area contributed by atoms with Gasteiger partial charge in [0.25, 0.3) is 15.7 Å². The third-order valence-electron chi connectivity index (χ3n) is 4.16. The second kappa shape index (κ2) is 9.69. The Morgan fingerprint density at radius 1 is 1.10 bits per heavy atom. The van der Waals surface area contributed by atoms with Gasteiger partial charge in [0.1, 0.15) is 15.7 Å². The molecule has 13 heteroatoms. The first-order chi connectivity index (χ1) is 14.7. The zero-order valence-electron chi connectivity index (χ0n) is 16.0. The molecule has 2 unspecified atom stereocenters. The SMILES string of the molecule is [NH3+]OP(=O)(Oc1ccc([N+](=O)[O-])cc1)C(Cc1ccccc1)NS(=O)(=O)c1cccs1. The minimum Gasteiger partial charge on any atom is -0.421 e. The molecular weight excluding hydrogens is 465 g/mol. The van der Waals surface area contributed by atoms with E-state index in [2.05, 4.69) is 10.6 Å². The molecule has 3 rings (SSSR count). The molecule has 0 fully saturated rings. The molecule has 2 aromatic carbocycles. The summed E-state index contributed by atoms with van der Waals surface area (Å²) < 4.78 is 52.1. The highest BCUT2D eigenvalue weighted by atomic mass is 32.2. The van der Waals surface area contributed by atoms with Crippen LogP contribution in [0.1, 0.15) is 5.56 Å². The smallest absolute Gasteiger partial charge is 0.421 e. The van der Waals surface area contributed by atoms with Crippen molar-refractivity contribution in [1.82, 2.24) is 4.72 Å². The molecule has 1 heterocycles. The Labute approximate surface area is 182 Å². The molecule has 0 saturated carbocycles. The molecule has 0 amide bonds. The molecule has 31 heavy (non-hydrogen) atoms. The van der Waals surface area contributed by atoms with Crippen molar-refractivity contribution in [2.75, 3.05) is 0 Å². The number of non-ortho nitro benzene ring substituents is 1. The summed E-state index contributed by atoms with van der Waals surface area (Å²) in [6.07, 6.45) is -0.00871. The van der Waals surface area contributed by atoms with Gasteiger partial charge in [-0.15, -0.1) is 16.0 Å². The van der Waals surface area contributed by atoms with Crippen LogP contribution in [-0.2, 0) is 25.6 Å². The molecule has 3 aromatic rings. The van der Waals surface area contributed by atoms with Crippen molar-refractivity contribution in [3.05, 3.63) is 87.8 Å². The second-order valence-corrected chi connectivity index (χ2v) is 11.3. The maximum atomic E-state index is 13.6. The molecule has 0 radical (unpaired) electrons. The van der Waals surface area contributed by atoms with E-state index in [4.69, 9.17) is 9.15 Å². The van der Waals surface area contributed by atoms with Crippen LogP contribution in [0.3, 0.4) is 0 Å². The van der Waals surface area contributed by atoms with Crippen LogP contribution in [0.5, 0.6) is 5.75 Å². The van der Waals surface area contributed by atoms with E-state index in [0.717, 1.165) is 11.3 Å². The lowest BCUT2D eigenvalue weighted by Crippen LogP contribution is -2.51. The summed E-state index contributed by atoms with van der Waals surface area (Å²) in [7, 11) is -8.22. The topological polar surface area (TPSA) is 152 Å². The van der Waals surface area contributed by atoms with E-state index in [1.807, 2.05) is 0 Å². The molecule has 0 bridgehead atoms. The molecule has 164 valence electrons. The van der Waals surface area contributed by atoms with Gasteiger partial charge < -0.3 is 4.52 Å². The number of thiophene rings is 1. The summed E-state index contributed by atoms with van der Waals surface area (Å²) in [5.74, 6) is 1.92. The van der Waals surface area contributed by atoms with Gasteiger partial charge in [0.15, 0.2) is 0 Å². The van der Waals surface area contributed by atoms with E-state index >= 15 is 0 Å². The summed E-state index contributed by atoms with van der Waals surface area (Å²) in [6.45, 7) is 0. The van der Waals surface area contributed by atoms with E-state index < -0.39 is 28.3 Å². The Morgan fingerprint density at radius 2 is 1.77 bits per heavy atom. The monoisotopic (exact) mass is 484 g/mol. The zero-order chi connectivity index (χ0) is 22.5. The van der Waals surface area contributed by atoms with Crippen LogP contribution in [0.25, 0.3) is 0 Å². The lowest BCUT2D eigenvalue weighted by atomic mass is 10.1. The number of quaternary nitrogens is 1. The van der Waals surface area contributed by atoms with E-state index in [0.29, 0.717) is 5.56 Å². The molecule has 2 atom stereocenters. The molecule has 0 saturated heterocycles. The average molecular weight is 484 g/mol. The first-order valence-corrected chi connectivity index (χ1v) is 12.8. The van der Waals surface area contributed by atoms with Crippen LogP contribution in [0.4, 0.5) is 5.69 Å². The number of rotatable bonds is 10. The Kier molecular flexibility index (Phi) is 7.21. The summed E-state index contributed by atoms with van der Waals surface area (Å²) in [4.78, 5) is 10.2. The lowest BCUT2D eigenvalue weighted by molar-refractivity contribution is -0.640. The minimum atomic E-state index is -4.20. The lowest BCUT2D eigenvalue weighted by Gasteiger charge is -2.24. The Bertz CT molecular complexity index is 1170. The third kappa shape index (κ3) is 5.76. The molecule has 0 aliphatic rings. The summed E-state index contributed by atoms with van der Waals surface area (Å²) in [5, 5.41) is 12.4. The van der Waals surface area contributed by atoms with Crippen LogP contribution in [-0.4, -0.2) is 19.1 Å². The van der Waals surface area contributed by atoms with Gasteiger partial charge in [0.2, 0.25) is 0 Å². The van der Waals surface area contributed by atoms with E-state index in [1.165, 1.54) is 30.3 Å². The van der Waals surface area contributed by atoms with Gasteiger partial charge in [-0.1, -0.05) is 36.4 Å². The van der Waals surface area contributed by atoms with Crippen molar-refractivity contribution in [1.29, 1.82) is 0 Å². The van der Waals surface area contributed by atoms with Crippen molar-refractivity contribution in [3.63, 3.8) is 0 Å². The van der Waals surface area contributed by atoms with Gasteiger partial charge in [-0.25, -0.2) is 18.9 Å². The van der Waals surface area contributed by atoms with Crippen molar-refractivity contribution >= 4 is 34.6 Å². The van der Waals surface area contributed by atoms with Crippen LogP contribution < -0.4 is 15.1 Å². The fourth-order valence-corrected chi connectivity index (χ4v) is 6.89. The number of benzene rings is 2. The number of hydrogen-bond donors (Lipinski definition) is 2. The number of nitro groups is 1. The van der Waals surface area contributed by atoms with Crippen LogP contribution >= 0.6 is 18.9 Å². The number of nitrogens with zero attached hydrogens (tertiary/aromatic N) is 1. The van der Waals surface area contributed by atoms with Gasteiger partial charge in [0, 0.05) is 18.6 Å². The van der Waals surface area contributed by atoms with Gasteiger partial charge in [-0.2, -0.15) is 4.72 Å². The van der Waals surface area contributed by atoms with Gasteiger partial charge in [0.05, 0.1) is 4.92 Å². The molecule has 4 N–H and O–H groups in total. The van der Waals surface area contributed by atoms with E-state index in [1.54, 1.807) is 41.8 Å². The maximum absolute atomic E-state index is 13.6. The summed E-state index contributed by atoms with van der Waals surface area (Å²) in [5.41, 5.74) is 0.503. The van der Waals surface area contributed by atoms with Crippen LogP contribution in [0, 0.1) is 10.1 Å². The standard InChI is InChI=1S/C18H19N3O7PS2/c19-28-29(24,27-16-10-8-15(9-11-16)21(22)23)17(13-14-5-2-1-3-6-14)20-31(25,26)18-7-4-12-30-18/h1-12,17,20H,13H2,19H3/q+1. The highest BCUT2D eigenvalue weighted by Gasteiger charge is 2.42. The van der Waals surface area contributed by atoms with Gasteiger partial charge in [-0.3, -0.25) is 10.1 Å². The first-order valence-electron chi connectivity index (χ1n) is 8.81. The van der Waals surface area contributed by atoms with Crippen molar-refractivity contribution in [3.8, 4) is 5.75 Å². The Morgan fingerprint density at radius 3 is 2.32 bits per heavy atom. The minimum absolute atomic E-state index is 0.00552. The average Bonchev–Trinajstić information content (AvgIpc) is 3.30. The molecule has 0 aliphatic carbocycles. The first kappa shape index (κ1) is 23.1. The quantitative estimate of drug-likeness (QED) is 0.255. The Balaban J connectivity index is 1.94. The number of hydrogen-bond acceptors (Lipinski definition) is 8. The van der Waals surface area contributed by atoms with Crippen molar-refractivity contribution in [2.24, 2.45) is 0 Å². The highest BCUT2D eigenvalue weighted by molar-refractivity contribution is 7.91. The fraction of sp³-hybridized carbons (Fsp3) is 0.111. The van der Waals surface area contributed by atoms with Gasteiger partial charge in [-0.05, 0) is 29.1 Å².